The van der Waals surface area contributed by atoms with E-state index in [1.807, 2.05) is 0 Å². The molecule has 0 fully saturated rings. The van der Waals surface area contributed by atoms with E-state index in [9.17, 15) is 13.2 Å². The zero-order valence-corrected chi connectivity index (χ0v) is 12.5. The molecule has 4 nitrogen and oxygen atoms in total. The van der Waals surface area contributed by atoms with Crippen molar-refractivity contribution in [2.75, 3.05) is 12.4 Å². The van der Waals surface area contributed by atoms with Gasteiger partial charge in [-0.3, -0.25) is 4.98 Å². The van der Waals surface area contributed by atoms with Crippen LogP contribution in [0.5, 0.6) is 0 Å². The quantitative estimate of drug-likeness (QED) is 0.875. The van der Waals surface area contributed by atoms with Crippen LogP contribution in [-0.2, 0) is 6.18 Å². The van der Waals surface area contributed by atoms with Crippen LogP contribution < -0.4 is 5.32 Å². The summed E-state index contributed by atoms with van der Waals surface area (Å²) in [5, 5.41) is 2.93. The van der Waals surface area contributed by atoms with Crippen molar-refractivity contribution in [3.63, 3.8) is 0 Å². The highest BCUT2D eigenvalue weighted by molar-refractivity contribution is 9.10. The van der Waals surface area contributed by atoms with Crippen molar-refractivity contribution in [3.8, 4) is 11.3 Å². The number of anilines is 1. The number of nitrogens with zero attached hydrogens (tertiary/aromatic N) is 3. The monoisotopic (exact) mass is 368 g/mol. The van der Waals surface area contributed by atoms with Crippen LogP contribution in [0.3, 0.4) is 0 Å². The van der Waals surface area contributed by atoms with Crippen molar-refractivity contribution in [2.24, 2.45) is 0 Å². The summed E-state index contributed by atoms with van der Waals surface area (Å²) in [7, 11) is 1.73. The molecule has 2 rings (SSSR count). The van der Waals surface area contributed by atoms with E-state index in [1.165, 1.54) is 0 Å². The van der Waals surface area contributed by atoms with Gasteiger partial charge in [0, 0.05) is 31.2 Å². The van der Waals surface area contributed by atoms with E-state index in [4.69, 9.17) is 0 Å². The summed E-state index contributed by atoms with van der Waals surface area (Å²) < 4.78 is 37.8. The number of hydrogen-bond donors (Lipinski definition) is 1. The summed E-state index contributed by atoms with van der Waals surface area (Å²) in [6, 6.07) is 1.69. The molecule has 0 aliphatic carbocycles. The van der Waals surface area contributed by atoms with Crippen molar-refractivity contribution >= 4 is 34.0 Å². The van der Waals surface area contributed by atoms with Gasteiger partial charge in [0.15, 0.2) is 0 Å². The second-order valence-corrected chi connectivity index (χ2v) is 4.45. The Morgan fingerprint density at radius 1 is 1.10 bits per heavy atom. The fourth-order valence-electron chi connectivity index (χ4n) is 1.39. The molecule has 0 bridgehead atoms. The highest BCUT2D eigenvalue weighted by Gasteiger charge is 2.34. The Morgan fingerprint density at radius 2 is 1.70 bits per heavy atom. The lowest BCUT2D eigenvalue weighted by Gasteiger charge is -2.07. The smallest absolute Gasteiger partial charge is 0.387 e. The van der Waals surface area contributed by atoms with Crippen molar-refractivity contribution < 1.29 is 13.2 Å². The van der Waals surface area contributed by atoms with E-state index in [2.05, 4.69) is 36.2 Å². The van der Waals surface area contributed by atoms with Gasteiger partial charge in [0.05, 0.1) is 15.9 Å². The summed E-state index contributed by atoms with van der Waals surface area (Å²) in [6.45, 7) is 0. The van der Waals surface area contributed by atoms with Crippen LogP contribution in [-0.4, -0.2) is 22.0 Å². The minimum atomic E-state index is -4.54. The first-order chi connectivity index (χ1) is 8.91. The van der Waals surface area contributed by atoms with Crippen LogP contribution in [0.15, 0.2) is 29.1 Å². The average molecular weight is 370 g/mol. The van der Waals surface area contributed by atoms with Gasteiger partial charge >= 0.3 is 6.18 Å². The maximum Gasteiger partial charge on any atom is 0.451 e. The molecule has 0 saturated heterocycles. The van der Waals surface area contributed by atoms with E-state index in [0.29, 0.717) is 11.3 Å². The molecule has 9 heteroatoms. The number of pyridine rings is 1. The molecule has 2 aromatic heterocycles. The van der Waals surface area contributed by atoms with E-state index in [1.54, 1.807) is 19.3 Å². The molecule has 0 unspecified atom stereocenters. The summed E-state index contributed by atoms with van der Waals surface area (Å²) in [5.41, 5.74) is 1.67. The fourth-order valence-corrected chi connectivity index (χ4v) is 1.81. The van der Waals surface area contributed by atoms with Crippen LogP contribution >= 0.6 is 28.3 Å². The maximum atomic E-state index is 12.3. The van der Waals surface area contributed by atoms with Crippen molar-refractivity contribution in [3.05, 3.63) is 35.0 Å². The van der Waals surface area contributed by atoms with Crippen molar-refractivity contribution in [1.29, 1.82) is 0 Å². The zero-order valence-electron chi connectivity index (χ0n) is 10.1. The molecule has 108 valence electrons. The molecule has 0 radical (unpaired) electrons. The maximum absolute atomic E-state index is 12.3. The van der Waals surface area contributed by atoms with Crippen LogP contribution in [0.1, 0.15) is 5.82 Å². The molecule has 0 saturated carbocycles. The molecule has 0 amide bonds. The standard InChI is InChI=1S/C11H8BrF3N4.ClH/c1-16-9-2-8(17-5-7(9)12)6-3-18-10(19-4-6)11(13,14)15;/h2-5H,1H3,(H,16,17);1H. The SMILES string of the molecule is CNc1cc(-c2cnc(C(F)(F)F)nc2)ncc1Br.Cl. The molecule has 0 atom stereocenters. The van der Waals surface area contributed by atoms with Crippen LogP contribution in [0, 0.1) is 0 Å². The normalized spacial score (nSPS) is 10.8. The number of rotatable bonds is 2. The fraction of sp³-hybridized carbons (Fsp3) is 0.182. The molecule has 1 N–H and O–H groups in total. The molecule has 20 heavy (non-hydrogen) atoms. The van der Waals surface area contributed by atoms with Crippen LogP contribution in [0.4, 0.5) is 18.9 Å². The minimum Gasteiger partial charge on any atom is -0.387 e. The van der Waals surface area contributed by atoms with Crippen LogP contribution in [0.2, 0.25) is 0 Å². The number of nitrogens with one attached hydrogen (secondary N) is 1. The van der Waals surface area contributed by atoms with Gasteiger partial charge in [-0.25, -0.2) is 9.97 Å². The summed E-state index contributed by atoms with van der Waals surface area (Å²) >= 11 is 3.30. The predicted octanol–water partition coefficient (Wildman–Crippen LogP) is 3.78. The van der Waals surface area contributed by atoms with Gasteiger partial charge in [-0.1, -0.05) is 0 Å². The molecular formula is C11H9BrClF3N4. The Bertz CT molecular complexity index is 589. The first kappa shape index (κ1) is 16.6. The van der Waals surface area contributed by atoms with E-state index < -0.39 is 12.0 Å². The number of alkyl halides is 3. The van der Waals surface area contributed by atoms with Gasteiger partial charge in [0.1, 0.15) is 0 Å². The second-order valence-electron chi connectivity index (χ2n) is 3.59. The lowest BCUT2D eigenvalue weighted by atomic mass is 10.2. The van der Waals surface area contributed by atoms with Gasteiger partial charge in [-0.2, -0.15) is 13.2 Å². The average Bonchev–Trinajstić information content (AvgIpc) is 2.38. The molecule has 0 spiro atoms. The number of halogens is 5. The first-order valence-electron chi connectivity index (χ1n) is 5.14. The second kappa shape index (κ2) is 6.36. The Morgan fingerprint density at radius 3 is 2.20 bits per heavy atom. The Kier molecular flexibility index (Phi) is 5.29. The predicted molar refractivity (Wildman–Crippen MR) is 74.8 cm³/mol. The third kappa shape index (κ3) is 3.57. The zero-order chi connectivity index (χ0) is 14.0. The lowest BCUT2D eigenvalue weighted by molar-refractivity contribution is -0.144. The third-order valence-electron chi connectivity index (χ3n) is 2.33. The first-order valence-corrected chi connectivity index (χ1v) is 5.94. The van der Waals surface area contributed by atoms with Gasteiger partial charge in [0.25, 0.3) is 0 Å². The summed E-state index contributed by atoms with van der Waals surface area (Å²) in [5.74, 6) is -1.16. The topological polar surface area (TPSA) is 50.7 Å². The molecule has 0 aliphatic rings. The van der Waals surface area contributed by atoms with Gasteiger partial charge < -0.3 is 5.32 Å². The van der Waals surface area contributed by atoms with Crippen LogP contribution in [0.25, 0.3) is 11.3 Å². The molecule has 2 aromatic rings. The largest absolute Gasteiger partial charge is 0.451 e. The Hall–Kier alpha value is -1.41. The highest BCUT2D eigenvalue weighted by Crippen LogP contribution is 2.28. The molecular weight excluding hydrogens is 360 g/mol. The summed E-state index contributed by atoms with van der Waals surface area (Å²) in [6.07, 6.45) is -0.780. The van der Waals surface area contributed by atoms with Gasteiger partial charge in [-0.15, -0.1) is 12.4 Å². The van der Waals surface area contributed by atoms with Crippen molar-refractivity contribution in [1.82, 2.24) is 15.0 Å². The van der Waals surface area contributed by atoms with E-state index >= 15 is 0 Å². The molecule has 0 aromatic carbocycles. The summed E-state index contributed by atoms with van der Waals surface area (Å²) in [4.78, 5) is 10.7. The molecule has 2 heterocycles. The van der Waals surface area contributed by atoms with Gasteiger partial charge in [-0.05, 0) is 22.0 Å². The third-order valence-corrected chi connectivity index (χ3v) is 2.96. The van der Waals surface area contributed by atoms with Gasteiger partial charge in [0.2, 0.25) is 5.82 Å². The lowest BCUT2D eigenvalue weighted by Crippen LogP contribution is -2.10. The molecule has 0 aliphatic heterocycles. The highest BCUT2D eigenvalue weighted by atomic mass is 79.9. The Labute approximate surface area is 127 Å². The van der Waals surface area contributed by atoms with E-state index in [0.717, 1.165) is 22.6 Å². The van der Waals surface area contributed by atoms with E-state index in [-0.39, 0.29) is 12.4 Å². The Balaban J connectivity index is 0.00000200. The number of aromatic nitrogens is 3. The number of hydrogen-bond acceptors (Lipinski definition) is 4. The minimum absolute atomic E-state index is 0. The van der Waals surface area contributed by atoms with Crippen molar-refractivity contribution in [2.45, 2.75) is 6.18 Å².